The molecule has 1 unspecified atom stereocenters. The van der Waals surface area contributed by atoms with E-state index in [2.05, 4.69) is 12.2 Å². The topological polar surface area (TPSA) is 52.6 Å². The second-order valence-corrected chi connectivity index (χ2v) is 6.52. The number of aliphatic hydroxyl groups is 1. The molecule has 19 heavy (non-hydrogen) atoms. The van der Waals surface area contributed by atoms with Gasteiger partial charge in [0.1, 0.15) is 0 Å². The first-order chi connectivity index (χ1) is 8.98. The summed E-state index contributed by atoms with van der Waals surface area (Å²) in [5.41, 5.74) is -0.0385. The molecule has 1 saturated heterocycles. The van der Waals surface area contributed by atoms with E-state index in [1.807, 2.05) is 18.7 Å². The van der Waals surface area contributed by atoms with Gasteiger partial charge in [0, 0.05) is 26.2 Å². The van der Waals surface area contributed by atoms with Crippen LogP contribution in [0, 0.1) is 11.3 Å². The lowest BCUT2D eigenvalue weighted by molar-refractivity contribution is 0.146. The number of amides is 2. The lowest BCUT2D eigenvalue weighted by Crippen LogP contribution is -2.45. The zero-order valence-electron chi connectivity index (χ0n) is 12.7. The molecule has 0 aromatic rings. The molecule has 0 spiro atoms. The minimum Gasteiger partial charge on any atom is -0.396 e. The Morgan fingerprint density at radius 1 is 1.47 bits per heavy atom. The summed E-state index contributed by atoms with van der Waals surface area (Å²) in [7, 11) is 0. The maximum Gasteiger partial charge on any atom is 0.317 e. The summed E-state index contributed by atoms with van der Waals surface area (Å²) in [6.45, 7) is 9.00. The molecule has 1 fully saturated rings. The first-order valence-electron chi connectivity index (χ1n) is 7.62. The summed E-state index contributed by atoms with van der Waals surface area (Å²) >= 11 is 0. The third kappa shape index (κ3) is 5.81. The van der Waals surface area contributed by atoms with Gasteiger partial charge in [0.2, 0.25) is 0 Å². The van der Waals surface area contributed by atoms with Crippen LogP contribution in [0.1, 0.15) is 52.9 Å². The van der Waals surface area contributed by atoms with Crippen LogP contribution in [0.15, 0.2) is 0 Å². The molecule has 112 valence electrons. The summed E-state index contributed by atoms with van der Waals surface area (Å²) in [5, 5.41) is 12.2. The van der Waals surface area contributed by atoms with Gasteiger partial charge in [-0.15, -0.1) is 0 Å². The number of piperidine rings is 1. The zero-order valence-corrected chi connectivity index (χ0v) is 12.7. The summed E-state index contributed by atoms with van der Waals surface area (Å²) in [5.74, 6) is 0.674. The molecule has 2 amide bonds. The molecule has 0 bridgehead atoms. The molecule has 1 aliphatic heterocycles. The largest absolute Gasteiger partial charge is 0.396 e. The number of carbonyl (C=O) groups is 1. The molecule has 1 rings (SSSR count). The van der Waals surface area contributed by atoms with Crippen LogP contribution in [-0.2, 0) is 0 Å². The van der Waals surface area contributed by atoms with E-state index < -0.39 is 0 Å². The van der Waals surface area contributed by atoms with Crippen LogP contribution >= 0.6 is 0 Å². The molecule has 0 aliphatic carbocycles. The van der Waals surface area contributed by atoms with E-state index in [0.29, 0.717) is 12.5 Å². The summed E-state index contributed by atoms with van der Waals surface area (Å²) < 4.78 is 0. The van der Waals surface area contributed by atoms with E-state index in [4.69, 9.17) is 5.11 Å². The van der Waals surface area contributed by atoms with Crippen molar-refractivity contribution in [3.05, 3.63) is 0 Å². The highest BCUT2D eigenvalue weighted by Crippen LogP contribution is 2.21. The molecule has 0 saturated carbocycles. The number of carbonyl (C=O) groups excluding carboxylic acids is 1. The third-order valence-electron chi connectivity index (χ3n) is 4.12. The Balaban J connectivity index is 2.20. The molecule has 0 radical (unpaired) electrons. The molecule has 2 N–H and O–H groups in total. The summed E-state index contributed by atoms with van der Waals surface area (Å²) in [4.78, 5) is 14.0. The minimum absolute atomic E-state index is 0.0385. The van der Waals surface area contributed by atoms with Crippen molar-refractivity contribution in [3.63, 3.8) is 0 Å². The normalized spacial score (nSPS) is 20.4. The van der Waals surface area contributed by atoms with Crippen LogP contribution in [0.2, 0.25) is 0 Å². The Morgan fingerprint density at radius 2 is 2.21 bits per heavy atom. The fourth-order valence-corrected chi connectivity index (χ4v) is 2.54. The van der Waals surface area contributed by atoms with Crippen LogP contribution in [0.3, 0.4) is 0 Å². The second kappa shape index (κ2) is 7.73. The Morgan fingerprint density at radius 3 is 2.84 bits per heavy atom. The fraction of sp³-hybridized carbons (Fsp3) is 0.933. The number of hydrogen-bond acceptors (Lipinski definition) is 2. The van der Waals surface area contributed by atoms with Gasteiger partial charge in [-0.1, -0.05) is 27.2 Å². The van der Waals surface area contributed by atoms with Crippen molar-refractivity contribution in [1.82, 2.24) is 10.2 Å². The maximum atomic E-state index is 12.0. The Bertz CT molecular complexity index is 279. The Labute approximate surface area is 117 Å². The monoisotopic (exact) mass is 270 g/mol. The molecule has 0 aromatic carbocycles. The number of urea groups is 1. The second-order valence-electron chi connectivity index (χ2n) is 6.52. The van der Waals surface area contributed by atoms with Gasteiger partial charge in [0.25, 0.3) is 0 Å². The lowest BCUT2D eigenvalue weighted by Gasteiger charge is -2.32. The van der Waals surface area contributed by atoms with E-state index >= 15 is 0 Å². The van der Waals surface area contributed by atoms with Gasteiger partial charge in [-0.2, -0.15) is 0 Å². The lowest BCUT2D eigenvalue weighted by atomic mass is 9.89. The first kappa shape index (κ1) is 16.3. The van der Waals surface area contributed by atoms with Crippen LogP contribution in [-0.4, -0.2) is 42.3 Å². The van der Waals surface area contributed by atoms with Crippen molar-refractivity contribution >= 4 is 6.03 Å². The number of nitrogens with one attached hydrogen (secondary N) is 1. The molecule has 0 aromatic heterocycles. The molecular formula is C15H30N2O2. The smallest absolute Gasteiger partial charge is 0.317 e. The van der Waals surface area contributed by atoms with Crippen molar-refractivity contribution in [2.75, 3.05) is 26.2 Å². The van der Waals surface area contributed by atoms with E-state index in [-0.39, 0.29) is 18.1 Å². The van der Waals surface area contributed by atoms with Gasteiger partial charge in [-0.3, -0.25) is 0 Å². The van der Waals surface area contributed by atoms with Crippen LogP contribution < -0.4 is 5.32 Å². The SMILES string of the molecule is CCC1CCCN(C(=O)NCCCC(C)(C)CO)C1. The van der Waals surface area contributed by atoms with E-state index in [9.17, 15) is 4.79 Å². The zero-order chi connectivity index (χ0) is 14.3. The average Bonchev–Trinajstić information content (AvgIpc) is 2.43. The Kier molecular flexibility index (Phi) is 6.63. The Hall–Kier alpha value is -0.770. The van der Waals surface area contributed by atoms with Gasteiger partial charge in [-0.05, 0) is 37.0 Å². The highest BCUT2D eigenvalue weighted by atomic mass is 16.3. The first-order valence-corrected chi connectivity index (χ1v) is 7.62. The van der Waals surface area contributed by atoms with Crippen LogP contribution in [0.25, 0.3) is 0 Å². The molecule has 1 atom stereocenters. The van der Waals surface area contributed by atoms with Gasteiger partial charge < -0.3 is 15.3 Å². The molecule has 4 nitrogen and oxygen atoms in total. The molecule has 1 aliphatic rings. The highest BCUT2D eigenvalue weighted by molar-refractivity contribution is 5.74. The predicted molar refractivity (Wildman–Crippen MR) is 78.1 cm³/mol. The number of nitrogens with zero attached hydrogens (tertiary/aromatic N) is 1. The van der Waals surface area contributed by atoms with Gasteiger partial charge in [0.15, 0.2) is 0 Å². The van der Waals surface area contributed by atoms with Crippen molar-refractivity contribution in [1.29, 1.82) is 0 Å². The van der Waals surface area contributed by atoms with Gasteiger partial charge in [0.05, 0.1) is 0 Å². The molecule has 1 heterocycles. The van der Waals surface area contributed by atoms with Crippen molar-refractivity contribution in [3.8, 4) is 0 Å². The number of hydrogen-bond donors (Lipinski definition) is 2. The van der Waals surface area contributed by atoms with Crippen LogP contribution in [0.4, 0.5) is 4.79 Å². The standard InChI is InChI=1S/C15H30N2O2/c1-4-13-7-5-10-17(11-13)14(19)16-9-6-8-15(2,3)12-18/h13,18H,4-12H2,1-3H3,(H,16,19). The quantitative estimate of drug-likeness (QED) is 0.729. The summed E-state index contributed by atoms with van der Waals surface area (Å²) in [6, 6.07) is 0.0833. The maximum absolute atomic E-state index is 12.0. The predicted octanol–water partition coefficient (Wildman–Crippen LogP) is 2.62. The fourth-order valence-electron chi connectivity index (χ4n) is 2.54. The van der Waals surface area contributed by atoms with Crippen molar-refractivity contribution < 1.29 is 9.90 Å². The van der Waals surface area contributed by atoms with Crippen molar-refractivity contribution in [2.24, 2.45) is 11.3 Å². The highest BCUT2D eigenvalue weighted by Gasteiger charge is 2.22. The van der Waals surface area contributed by atoms with Gasteiger partial charge in [-0.25, -0.2) is 4.79 Å². The van der Waals surface area contributed by atoms with Crippen LogP contribution in [0.5, 0.6) is 0 Å². The van der Waals surface area contributed by atoms with E-state index in [0.717, 1.165) is 38.8 Å². The molecule has 4 heteroatoms. The third-order valence-corrected chi connectivity index (χ3v) is 4.12. The number of likely N-dealkylation sites (tertiary alicyclic amines) is 1. The number of aliphatic hydroxyl groups excluding tert-OH is 1. The average molecular weight is 270 g/mol. The number of rotatable bonds is 6. The minimum atomic E-state index is -0.0385. The summed E-state index contributed by atoms with van der Waals surface area (Å²) in [6.07, 6.45) is 5.40. The van der Waals surface area contributed by atoms with Crippen molar-refractivity contribution in [2.45, 2.75) is 52.9 Å². The van der Waals surface area contributed by atoms with Gasteiger partial charge >= 0.3 is 6.03 Å². The van der Waals surface area contributed by atoms with E-state index in [1.54, 1.807) is 0 Å². The van der Waals surface area contributed by atoms with E-state index in [1.165, 1.54) is 6.42 Å². The molecular weight excluding hydrogens is 240 g/mol.